The van der Waals surface area contributed by atoms with Gasteiger partial charge in [-0.05, 0) is 32.2 Å². The molecule has 1 rings (SSSR count). The molecule has 1 aliphatic heterocycles. The quantitative estimate of drug-likeness (QED) is 0.543. The second kappa shape index (κ2) is 12.8. The molecule has 1 aliphatic rings. The first-order chi connectivity index (χ1) is 9.43. The standard InChI is InChI=1S/C14H29NO4/c1-16-10-11-18-13-12-17-9-7-15-6-5-14-4-2-3-8-19-14/h14-15H,2-13H2,1H3. The van der Waals surface area contributed by atoms with E-state index in [-0.39, 0.29) is 0 Å². The van der Waals surface area contributed by atoms with Crippen molar-refractivity contribution in [3.8, 4) is 0 Å². The lowest BCUT2D eigenvalue weighted by molar-refractivity contribution is 0.0105. The fourth-order valence-electron chi connectivity index (χ4n) is 2.03. The van der Waals surface area contributed by atoms with Gasteiger partial charge in [-0.3, -0.25) is 0 Å². The summed E-state index contributed by atoms with van der Waals surface area (Å²) < 4.78 is 21.3. The summed E-state index contributed by atoms with van der Waals surface area (Å²) >= 11 is 0. The number of nitrogens with one attached hydrogen (secondary N) is 1. The second-order valence-corrected chi connectivity index (χ2v) is 4.74. The third kappa shape index (κ3) is 10.3. The van der Waals surface area contributed by atoms with Crippen LogP contribution in [-0.2, 0) is 18.9 Å². The van der Waals surface area contributed by atoms with Gasteiger partial charge in [0.05, 0.1) is 39.1 Å². The molecule has 5 nitrogen and oxygen atoms in total. The van der Waals surface area contributed by atoms with E-state index in [2.05, 4.69) is 5.32 Å². The third-order valence-corrected chi connectivity index (χ3v) is 3.14. The summed E-state index contributed by atoms with van der Waals surface area (Å²) in [4.78, 5) is 0. The Morgan fingerprint density at radius 2 is 1.79 bits per heavy atom. The Bertz CT molecular complexity index is 186. The van der Waals surface area contributed by atoms with Crippen molar-refractivity contribution in [3.63, 3.8) is 0 Å². The Balaban J connectivity index is 1.71. The molecule has 0 spiro atoms. The normalized spacial score (nSPS) is 19.7. The lowest BCUT2D eigenvalue weighted by Gasteiger charge is -2.22. The maximum absolute atomic E-state index is 5.67. The fraction of sp³-hybridized carbons (Fsp3) is 1.00. The van der Waals surface area contributed by atoms with Crippen LogP contribution in [0.1, 0.15) is 25.7 Å². The van der Waals surface area contributed by atoms with Crippen molar-refractivity contribution in [2.45, 2.75) is 31.8 Å². The average Bonchev–Trinajstić information content (AvgIpc) is 2.46. The largest absolute Gasteiger partial charge is 0.382 e. The van der Waals surface area contributed by atoms with E-state index >= 15 is 0 Å². The van der Waals surface area contributed by atoms with E-state index in [1.165, 1.54) is 19.3 Å². The van der Waals surface area contributed by atoms with Crippen LogP contribution in [0, 0.1) is 0 Å². The molecule has 1 unspecified atom stereocenters. The SMILES string of the molecule is COCCOCCOCCNCCC1CCCCO1. The minimum atomic E-state index is 0.469. The van der Waals surface area contributed by atoms with Crippen molar-refractivity contribution >= 4 is 0 Å². The molecule has 0 bridgehead atoms. The van der Waals surface area contributed by atoms with Gasteiger partial charge >= 0.3 is 0 Å². The van der Waals surface area contributed by atoms with Crippen LogP contribution >= 0.6 is 0 Å². The molecule has 1 N–H and O–H groups in total. The number of ether oxygens (including phenoxy) is 4. The van der Waals surface area contributed by atoms with Crippen LogP contribution in [0.25, 0.3) is 0 Å². The Kier molecular flexibility index (Phi) is 11.4. The van der Waals surface area contributed by atoms with Crippen molar-refractivity contribution < 1.29 is 18.9 Å². The van der Waals surface area contributed by atoms with Crippen molar-refractivity contribution in [1.82, 2.24) is 5.32 Å². The predicted molar refractivity (Wildman–Crippen MR) is 74.6 cm³/mol. The monoisotopic (exact) mass is 275 g/mol. The van der Waals surface area contributed by atoms with E-state index in [1.807, 2.05) is 0 Å². The van der Waals surface area contributed by atoms with Crippen molar-refractivity contribution in [2.75, 3.05) is 59.8 Å². The highest BCUT2D eigenvalue weighted by molar-refractivity contribution is 4.64. The van der Waals surface area contributed by atoms with Gasteiger partial charge in [-0.25, -0.2) is 0 Å². The number of hydrogen-bond acceptors (Lipinski definition) is 5. The topological polar surface area (TPSA) is 49.0 Å². The van der Waals surface area contributed by atoms with Crippen molar-refractivity contribution in [3.05, 3.63) is 0 Å². The summed E-state index contributed by atoms with van der Waals surface area (Å²) in [7, 11) is 1.67. The van der Waals surface area contributed by atoms with Crippen molar-refractivity contribution in [2.24, 2.45) is 0 Å². The Hall–Kier alpha value is -0.200. The first-order valence-electron chi connectivity index (χ1n) is 7.40. The van der Waals surface area contributed by atoms with Gasteiger partial charge in [0.25, 0.3) is 0 Å². The summed E-state index contributed by atoms with van der Waals surface area (Å²) in [5.74, 6) is 0. The molecule has 5 heteroatoms. The molecule has 0 aliphatic carbocycles. The second-order valence-electron chi connectivity index (χ2n) is 4.74. The summed E-state index contributed by atoms with van der Waals surface area (Å²) in [5, 5.41) is 3.38. The highest BCUT2D eigenvalue weighted by Gasteiger charge is 2.12. The first kappa shape index (κ1) is 16.9. The molecular weight excluding hydrogens is 246 g/mol. The van der Waals surface area contributed by atoms with E-state index in [4.69, 9.17) is 18.9 Å². The van der Waals surface area contributed by atoms with Gasteiger partial charge in [0.1, 0.15) is 0 Å². The molecule has 1 heterocycles. The van der Waals surface area contributed by atoms with Gasteiger partial charge in [0.2, 0.25) is 0 Å². The zero-order valence-electron chi connectivity index (χ0n) is 12.2. The van der Waals surface area contributed by atoms with Gasteiger partial charge in [-0.1, -0.05) is 0 Å². The highest BCUT2D eigenvalue weighted by Crippen LogP contribution is 2.14. The van der Waals surface area contributed by atoms with Crippen LogP contribution in [0.2, 0.25) is 0 Å². The van der Waals surface area contributed by atoms with Crippen LogP contribution in [0.4, 0.5) is 0 Å². The number of hydrogen-bond donors (Lipinski definition) is 1. The van der Waals surface area contributed by atoms with Gasteiger partial charge < -0.3 is 24.3 Å². The maximum Gasteiger partial charge on any atom is 0.0701 e. The molecule has 0 aromatic carbocycles. The Morgan fingerprint density at radius 3 is 2.53 bits per heavy atom. The van der Waals surface area contributed by atoms with E-state index in [9.17, 15) is 0 Å². The molecule has 0 saturated carbocycles. The van der Waals surface area contributed by atoms with Gasteiger partial charge in [-0.15, -0.1) is 0 Å². The maximum atomic E-state index is 5.67. The average molecular weight is 275 g/mol. The lowest BCUT2D eigenvalue weighted by atomic mass is 10.1. The smallest absolute Gasteiger partial charge is 0.0701 e. The van der Waals surface area contributed by atoms with Crippen LogP contribution in [0.15, 0.2) is 0 Å². The van der Waals surface area contributed by atoms with E-state index in [1.54, 1.807) is 7.11 Å². The first-order valence-corrected chi connectivity index (χ1v) is 7.40. The van der Waals surface area contributed by atoms with E-state index in [0.29, 0.717) is 32.5 Å². The molecule has 0 aromatic rings. The summed E-state index contributed by atoms with van der Waals surface area (Å²) in [5.41, 5.74) is 0. The zero-order valence-corrected chi connectivity index (χ0v) is 12.2. The Morgan fingerprint density at radius 1 is 1.00 bits per heavy atom. The van der Waals surface area contributed by atoms with Gasteiger partial charge in [0, 0.05) is 20.3 Å². The molecular formula is C14H29NO4. The molecule has 1 atom stereocenters. The molecule has 0 amide bonds. The highest BCUT2D eigenvalue weighted by atomic mass is 16.5. The third-order valence-electron chi connectivity index (χ3n) is 3.14. The zero-order chi connectivity index (χ0) is 13.6. The van der Waals surface area contributed by atoms with Gasteiger partial charge in [0.15, 0.2) is 0 Å². The molecule has 0 aromatic heterocycles. The molecule has 19 heavy (non-hydrogen) atoms. The summed E-state index contributed by atoms with van der Waals surface area (Å²) in [6.45, 7) is 6.15. The molecule has 1 saturated heterocycles. The molecule has 114 valence electrons. The minimum absolute atomic E-state index is 0.469. The summed E-state index contributed by atoms with van der Waals surface area (Å²) in [6, 6.07) is 0. The van der Waals surface area contributed by atoms with Crippen LogP contribution in [-0.4, -0.2) is 65.9 Å². The van der Waals surface area contributed by atoms with Crippen LogP contribution in [0.3, 0.4) is 0 Å². The number of rotatable bonds is 12. The molecule has 1 fully saturated rings. The van der Waals surface area contributed by atoms with Crippen LogP contribution < -0.4 is 5.32 Å². The van der Waals surface area contributed by atoms with E-state index in [0.717, 1.165) is 32.7 Å². The van der Waals surface area contributed by atoms with Gasteiger partial charge in [-0.2, -0.15) is 0 Å². The fourth-order valence-corrected chi connectivity index (χ4v) is 2.03. The minimum Gasteiger partial charge on any atom is -0.382 e. The van der Waals surface area contributed by atoms with E-state index < -0.39 is 0 Å². The summed E-state index contributed by atoms with van der Waals surface area (Å²) in [6.07, 6.45) is 5.34. The molecule has 0 radical (unpaired) electrons. The number of methoxy groups -OCH3 is 1. The lowest BCUT2D eigenvalue weighted by Crippen LogP contribution is -2.27. The van der Waals surface area contributed by atoms with Crippen molar-refractivity contribution in [1.29, 1.82) is 0 Å². The Labute approximate surface area is 116 Å². The predicted octanol–water partition coefficient (Wildman–Crippen LogP) is 1.21. The van der Waals surface area contributed by atoms with Crippen LogP contribution in [0.5, 0.6) is 0 Å².